The average molecular weight is 467 g/mol. The van der Waals surface area contributed by atoms with Crippen molar-refractivity contribution in [3.8, 4) is 22.7 Å². The summed E-state index contributed by atoms with van der Waals surface area (Å²) in [7, 11) is 1.38. The Kier molecular flexibility index (Phi) is 6.06. The molecule has 2 heterocycles. The third-order valence-corrected chi connectivity index (χ3v) is 6.27. The van der Waals surface area contributed by atoms with Gasteiger partial charge >= 0.3 is 5.69 Å². The second kappa shape index (κ2) is 8.93. The van der Waals surface area contributed by atoms with E-state index in [0.717, 1.165) is 5.69 Å². The third kappa shape index (κ3) is 4.02. The molecule has 162 valence electrons. The molecule has 0 spiro atoms. The van der Waals surface area contributed by atoms with E-state index in [0.29, 0.717) is 32.6 Å². The Morgan fingerprint density at radius 3 is 2.62 bits per heavy atom. The fourth-order valence-electron chi connectivity index (χ4n) is 3.32. The third-order valence-electron chi connectivity index (χ3n) is 4.89. The maximum atomic E-state index is 12.7. The highest BCUT2D eigenvalue weighted by molar-refractivity contribution is 8.26. The Bertz CT molecular complexity index is 1250. The van der Waals surface area contributed by atoms with Crippen molar-refractivity contribution in [3.05, 3.63) is 75.3 Å². The van der Waals surface area contributed by atoms with Gasteiger partial charge < -0.3 is 4.74 Å². The van der Waals surface area contributed by atoms with Gasteiger partial charge in [0.15, 0.2) is 5.75 Å². The molecule has 1 saturated heterocycles. The fourth-order valence-corrected chi connectivity index (χ4v) is 4.70. The van der Waals surface area contributed by atoms with E-state index in [1.54, 1.807) is 23.0 Å². The molecule has 0 N–H and O–H groups in total. The minimum atomic E-state index is -0.497. The largest absolute Gasteiger partial charge is 0.490 e. The molecule has 1 aliphatic rings. The zero-order valence-corrected chi connectivity index (χ0v) is 18.9. The molecule has 1 aliphatic heterocycles. The van der Waals surface area contributed by atoms with Gasteiger partial charge in [0.05, 0.1) is 22.6 Å². The number of carbonyl (C=O) groups is 1. The first-order chi connectivity index (χ1) is 15.4. The van der Waals surface area contributed by atoms with Gasteiger partial charge in [0.25, 0.3) is 5.91 Å². The number of nitro groups is 1. The van der Waals surface area contributed by atoms with Crippen LogP contribution in [0.15, 0.2) is 59.6 Å². The lowest BCUT2D eigenvalue weighted by Gasteiger charge is -2.09. The number of thiocarbonyl (C=S) groups is 1. The van der Waals surface area contributed by atoms with Gasteiger partial charge in [-0.25, -0.2) is 4.68 Å². The van der Waals surface area contributed by atoms with E-state index < -0.39 is 4.92 Å². The van der Waals surface area contributed by atoms with Crippen LogP contribution in [0.3, 0.4) is 0 Å². The highest BCUT2D eigenvalue weighted by atomic mass is 32.2. The Hall–Kier alpha value is -3.50. The standard InChI is InChI=1S/C22H18N4O4S2/c1-3-24-21(27)19(32-22(24)31)12-15-13-25(16-7-5-4-6-8-16)23-20(15)14-9-10-18(30-2)17(11-14)26(28)29/h4-13H,3H2,1-2H3/b19-12+. The van der Waals surface area contributed by atoms with E-state index in [1.807, 2.05) is 37.3 Å². The number of rotatable bonds is 6. The van der Waals surface area contributed by atoms with Crippen LogP contribution in [0.1, 0.15) is 12.5 Å². The van der Waals surface area contributed by atoms with Crippen LogP contribution >= 0.6 is 24.0 Å². The number of amides is 1. The number of benzene rings is 2. The highest BCUT2D eigenvalue weighted by Gasteiger charge is 2.31. The summed E-state index contributed by atoms with van der Waals surface area (Å²) in [5.41, 5.74) is 2.33. The van der Waals surface area contributed by atoms with Crippen LogP contribution in [-0.2, 0) is 4.79 Å². The molecular weight excluding hydrogens is 448 g/mol. The molecule has 0 saturated carbocycles. The van der Waals surface area contributed by atoms with Gasteiger partial charge in [-0.15, -0.1) is 0 Å². The number of thioether (sulfide) groups is 1. The molecule has 2 aromatic carbocycles. The quantitative estimate of drug-likeness (QED) is 0.225. The van der Waals surface area contributed by atoms with Gasteiger partial charge in [-0.2, -0.15) is 5.10 Å². The summed E-state index contributed by atoms with van der Waals surface area (Å²) >= 11 is 6.54. The summed E-state index contributed by atoms with van der Waals surface area (Å²) in [6, 6.07) is 14.1. The van der Waals surface area contributed by atoms with Gasteiger partial charge in [-0.3, -0.25) is 19.8 Å². The molecule has 8 nitrogen and oxygen atoms in total. The molecule has 1 amide bonds. The van der Waals surface area contributed by atoms with Crippen LogP contribution in [0.25, 0.3) is 23.0 Å². The molecular formula is C22H18N4O4S2. The van der Waals surface area contributed by atoms with Crippen molar-refractivity contribution < 1.29 is 14.5 Å². The van der Waals surface area contributed by atoms with Crippen molar-refractivity contribution in [1.82, 2.24) is 14.7 Å². The predicted molar refractivity (Wildman–Crippen MR) is 128 cm³/mol. The van der Waals surface area contributed by atoms with Crippen molar-refractivity contribution in [3.63, 3.8) is 0 Å². The maximum absolute atomic E-state index is 12.7. The van der Waals surface area contributed by atoms with Gasteiger partial charge in [0.1, 0.15) is 10.0 Å². The molecule has 0 unspecified atom stereocenters. The summed E-state index contributed by atoms with van der Waals surface area (Å²) in [4.78, 5) is 25.8. The van der Waals surface area contributed by atoms with Crippen LogP contribution in [0.5, 0.6) is 5.75 Å². The summed E-state index contributed by atoms with van der Waals surface area (Å²) in [6.07, 6.45) is 3.52. The number of nitrogens with zero attached hydrogens (tertiary/aromatic N) is 4. The zero-order chi connectivity index (χ0) is 22.8. The van der Waals surface area contributed by atoms with E-state index >= 15 is 0 Å². The van der Waals surface area contributed by atoms with Crippen molar-refractivity contribution in [2.24, 2.45) is 0 Å². The van der Waals surface area contributed by atoms with Crippen LogP contribution in [-0.4, -0.2) is 43.5 Å². The Morgan fingerprint density at radius 1 is 1.25 bits per heavy atom. The van der Waals surface area contributed by atoms with E-state index in [4.69, 9.17) is 17.0 Å². The Balaban J connectivity index is 1.87. The number of para-hydroxylation sites is 1. The molecule has 3 aromatic rings. The van der Waals surface area contributed by atoms with Crippen LogP contribution in [0.2, 0.25) is 0 Å². The summed E-state index contributed by atoms with van der Waals surface area (Å²) in [5, 5.41) is 16.2. The normalized spacial score (nSPS) is 14.9. The Labute approximate surface area is 193 Å². The van der Waals surface area contributed by atoms with Crippen LogP contribution in [0.4, 0.5) is 5.69 Å². The molecule has 32 heavy (non-hydrogen) atoms. The van der Waals surface area contributed by atoms with Gasteiger partial charge in [0.2, 0.25) is 0 Å². The topological polar surface area (TPSA) is 90.5 Å². The highest BCUT2D eigenvalue weighted by Crippen LogP contribution is 2.37. The molecule has 0 atom stereocenters. The van der Waals surface area contributed by atoms with Gasteiger partial charge in [-0.05, 0) is 37.3 Å². The molecule has 0 radical (unpaired) electrons. The molecule has 1 aromatic heterocycles. The number of aromatic nitrogens is 2. The van der Waals surface area contributed by atoms with Crippen LogP contribution < -0.4 is 4.74 Å². The minimum absolute atomic E-state index is 0.159. The number of nitro benzene ring substituents is 1. The lowest BCUT2D eigenvalue weighted by Crippen LogP contribution is -2.27. The lowest BCUT2D eigenvalue weighted by atomic mass is 10.1. The Morgan fingerprint density at radius 2 is 2.00 bits per heavy atom. The number of ether oxygens (including phenoxy) is 1. The zero-order valence-electron chi connectivity index (χ0n) is 17.2. The number of carbonyl (C=O) groups excluding carboxylic acids is 1. The summed E-state index contributed by atoms with van der Waals surface area (Å²) < 4.78 is 7.29. The second-order valence-electron chi connectivity index (χ2n) is 6.78. The van der Waals surface area contributed by atoms with Gasteiger partial charge in [-0.1, -0.05) is 42.2 Å². The monoisotopic (exact) mass is 466 g/mol. The first kappa shape index (κ1) is 21.7. The molecule has 10 heteroatoms. The van der Waals surface area contributed by atoms with Crippen molar-refractivity contribution in [2.45, 2.75) is 6.92 Å². The van der Waals surface area contributed by atoms with Crippen molar-refractivity contribution in [2.75, 3.05) is 13.7 Å². The minimum Gasteiger partial charge on any atom is -0.490 e. The van der Waals surface area contributed by atoms with E-state index in [-0.39, 0.29) is 17.3 Å². The first-order valence-electron chi connectivity index (χ1n) is 9.66. The molecule has 0 aliphatic carbocycles. The van der Waals surface area contributed by atoms with Crippen LogP contribution in [0, 0.1) is 10.1 Å². The second-order valence-corrected chi connectivity index (χ2v) is 8.46. The number of hydrogen-bond acceptors (Lipinski definition) is 7. The lowest BCUT2D eigenvalue weighted by molar-refractivity contribution is -0.385. The molecule has 1 fully saturated rings. The summed E-state index contributed by atoms with van der Waals surface area (Å²) in [5.74, 6) is -0.00627. The maximum Gasteiger partial charge on any atom is 0.311 e. The smallest absolute Gasteiger partial charge is 0.311 e. The van der Waals surface area contributed by atoms with Gasteiger partial charge in [0, 0.05) is 29.9 Å². The van der Waals surface area contributed by atoms with E-state index in [2.05, 4.69) is 5.10 Å². The number of methoxy groups -OCH3 is 1. The summed E-state index contributed by atoms with van der Waals surface area (Å²) in [6.45, 7) is 2.35. The van der Waals surface area contributed by atoms with Crippen molar-refractivity contribution in [1.29, 1.82) is 0 Å². The van der Waals surface area contributed by atoms with E-state index in [1.165, 1.54) is 35.9 Å². The number of likely N-dealkylation sites (N-methyl/N-ethyl adjacent to an activating group) is 1. The van der Waals surface area contributed by atoms with E-state index in [9.17, 15) is 14.9 Å². The SMILES string of the molecule is CCN1C(=O)/C(=C\c2cn(-c3ccccc3)nc2-c2ccc(OC)c([N+](=O)[O-])c2)SC1=S. The average Bonchev–Trinajstić information content (AvgIpc) is 3.34. The predicted octanol–water partition coefficient (Wildman–Crippen LogP) is 4.68. The van der Waals surface area contributed by atoms with Crippen molar-refractivity contribution >= 4 is 46.0 Å². The molecule has 4 rings (SSSR count). The fraction of sp³-hybridized carbons (Fsp3) is 0.136. The molecule has 0 bridgehead atoms. The first-order valence-corrected chi connectivity index (χ1v) is 10.9. The number of hydrogen-bond donors (Lipinski definition) is 0.